The third-order valence-electron chi connectivity index (χ3n) is 2.99. The van der Waals surface area contributed by atoms with Crippen LogP contribution in [0.4, 0.5) is 0 Å². The number of nitrogens with one attached hydrogen (secondary N) is 1. The first kappa shape index (κ1) is 13.4. The first-order valence-corrected chi connectivity index (χ1v) is 5.81. The SMILES string of the molecule is C=CCc1cn([C@H]2C[C@H](O)[C@@H](C=O)O2)c(=O)[nH]c1=O. The van der Waals surface area contributed by atoms with Crippen LogP contribution in [0.15, 0.2) is 28.4 Å². The van der Waals surface area contributed by atoms with E-state index in [4.69, 9.17) is 4.74 Å². The van der Waals surface area contributed by atoms with Crippen molar-refractivity contribution in [1.82, 2.24) is 9.55 Å². The predicted molar refractivity (Wildman–Crippen MR) is 65.8 cm³/mol. The van der Waals surface area contributed by atoms with Crippen LogP contribution >= 0.6 is 0 Å². The molecular formula is C12H14N2O5. The first-order chi connectivity index (χ1) is 9.06. The third-order valence-corrected chi connectivity index (χ3v) is 2.99. The predicted octanol–water partition coefficient (Wildman–Crippen LogP) is -0.888. The summed E-state index contributed by atoms with van der Waals surface area (Å²) in [6.07, 6.45) is 1.15. The Bertz CT molecular complexity index is 603. The molecule has 1 aromatic heterocycles. The standard InChI is InChI=1S/C12H14N2O5/c1-2-3-7-5-14(12(18)13-11(7)17)10-4-8(16)9(6-15)19-10/h2,5-6,8-10,16H,1,3-4H2,(H,13,17,18)/t8-,9+,10+/m0/s1. The normalized spacial score (nSPS) is 26.3. The molecule has 0 saturated carbocycles. The highest BCUT2D eigenvalue weighted by Crippen LogP contribution is 2.26. The highest BCUT2D eigenvalue weighted by Gasteiger charge is 2.35. The largest absolute Gasteiger partial charge is 0.390 e. The molecule has 2 rings (SSSR count). The van der Waals surface area contributed by atoms with Gasteiger partial charge in [-0.3, -0.25) is 14.3 Å². The molecule has 1 saturated heterocycles. The van der Waals surface area contributed by atoms with Crippen LogP contribution in [0.25, 0.3) is 0 Å². The van der Waals surface area contributed by atoms with Gasteiger partial charge in [-0.25, -0.2) is 4.79 Å². The average Bonchev–Trinajstić information content (AvgIpc) is 2.74. The molecule has 0 radical (unpaired) electrons. The molecule has 0 aromatic carbocycles. The van der Waals surface area contributed by atoms with E-state index in [0.29, 0.717) is 18.3 Å². The fraction of sp³-hybridized carbons (Fsp3) is 0.417. The lowest BCUT2D eigenvalue weighted by atomic mass is 10.2. The van der Waals surface area contributed by atoms with Crippen molar-refractivity contribution in [3.63, 3.8) is 0 Å². The molecule has 3 atom stereocenters. The van der Waals surface area contributed by atoms with Gasteiger partial charge >= 0.3 is 5.69 Å². The number of aromatic amines is 1. The molecule has 1 aliphatic rings. The number of aliphatic hydroxyl groups is 1. The molecular weight excluding hydrogens is 252 g/mol. The van der Waals surface area contributed by atoms with Gasteiger partial charge in [0.05, 0.1) is 6.10 Å². The number of H-pyrrole nitrogens is 1. The molecule has 0 unspecified atom stereocenters. The zero-order chi connectivity index (χ0) is 14.0. The summed E-state index contributed by atoms with van der Waals surface area (Å²) < 4.78 is 6.43. The molecule has 102 valence electrons. The second kappa shape index (κ2) is 5.33. The van der Waals surface area contributed by atoms with Crippen LogP contribution in [-0.4, -0.2) is 33.2 Å². The lowest BCUT2D eigenvalue weighted by Crippen LogP contribution is -2.34. The maximum atomic E-state index is 11.7. The molecule has 19 heavy (non-hydrogen) atoms. The lowest BCUT2D eigenvalue weighted by molar-refractivity contribution is -0.122. The van der Waals surface area contributed by atoms with E-state index in [-0.39, 0.29) is 6.42 Å². The van der Waals surface area contributed by atoms with Crippen LogP contribution < -0.4 is 11.2 Å². The summed E-state index contributed by atoms with van der Waals surface area (Å²) in [7, 11) is 0. The number of ether oxygens (including phenoxy) is 1. The maximum absolute atomic E-state index is 11.7. The number of aliphatic hydroxyl groups excluding tert-OH is 1. The first-order valence-electron chi connectivity index (χ1n) is 5.81. The summed E-state index contributed by atoms with van der Waals surface area (Å²) in [6, 6.07) is 0. The second-order valence-corrected chi connectivity index (χ2v) is 4.31. The molecule has 1 aromatic rings. The van der Waals surface area contributed by atoms with Gasteiger partial charge in [0.25, 0.3) is 5.56 Å². The van der Waals surface area contributed by atoms with Crippen molar-refractivity contribution in [2.24, 2.45) is 0 Å². The summed E-state index contributed by atoms with van der Waals surface area (Å²) in [6.45, 7) is 3.53. The second-order valence-electron chi connectivity index (χ2n) is 4.31. The topological polar surface area (TPSA) is 101 Å². The number of allylic oxidation sites excluding steroid dienone is 1. The number of aldehydes is 1. The van der Waals surface area contributed by atoms with Gasteiger partial charge < -0.3 is 14.6 Å². The quantitative estimate of drug-likeness (QED) is 0.544. The Morgan fingerprint density at radius 2 is 2.32 bits per heavy atom. The molecule has 1 aliphatic heterocycles. The van der Waals surface area contributed by atoms with Crippen LogP contribution in [0, 0.1) is 0 Å². The highest BCUT2D eigenvalue weighted by molar-refractivity contribution is 5.57. The molecule has 0 amide bonds. The summed E-state index contributed by atoms with van der Waals surface area (Å²) in [5.41, 5.74) is -0.754. The zero-order valence-corrected chi connectivity index (χ0v) is 10.1. The van der Waals surface area contributed by atoms with Gasteiger partial charge in [-0.15, -0.1) is 6.58 Å². The summed E-state index contributed by atoms with van der Waals surface area (Å²) in [5, 5.41) is 9.58. The van der Waals surface area contributed by atoms with Crippen molar-refractivity contribution in [1.29, 1.82) is 0 Å². The number of nitrogens with zero attached hydrogens (tertiary/aromatic N) is 1. The van der Waals surface area contributed by atoms with Crippen molar-refractivity contribution in [3.8, 4) is 0 Å². The Morgan fingerprint density at radius 3 is 2.89 bits per heavy atom. The van der Waals surface area contributed by atoms with Crippen molar-refractivity contribution < 1.29 is 14.6 Å². The van der Waals surface area contributed by atoms with Crippen LogP contribution in [-0.2, 0) is 16.0 Å². The Labute approximate surface area is 108 Å². The molecule has 0 bridgehead atoms. The highest BCUT2D eigenvalue weighted by atomic mass is 16.5. The van der Waals surface area contributed by atoms with Gasteiger partial charge in [0.15, 0.2) is 6.29 Å². The van der Waals surface area contributed by atoms with Gasteiger partial charge in [-0.1, -0.05) is 6.08 Å². The van der Waals surface area contributed by atoms with Gasteiger partial charge in [0, 0.05) is 18.2 Å². The number of hydrogen-bond donors (Lipinski definition) is 2. The smallest absolute Gasteiger partial charge is 0.330 e. The van der Waals surface area contributed by atoms with E-state index < -0.39 is 29.7 Å². The minimum atomic E-state index is -0.954. The van der Waals surface area contributed by atoms with Crippen LogP contribution in [0.3, 0.4) is 0 Å². The number of hydrogen-bond acceptors (Lipinski definition) is 5. The van der Waals surface area contributed by atoms with E-state index >= 15 is 0 Å². The van der Waals surface area contributed by atoms with Crippen LogP contribution in [0.5, 0.6) is 0 Å². The van der Waals surface area contributed by atoms with E-state index in [1.807, 2.05) is 0 Å². The van der Waals surface area contributed by atoms with Crippen LogP contribution in [0.1, 0.15) is 18.2 Å². The third kappa shape index (κ3) is 2.56. The molecule has 1 fully saturated rings. The monoisotopic (exact) mass is 266 g/mol. The lowest BCUT2D eigenvalue weighted by Gasteiger charge is -2.13. The zero-order valence-electron chi connectivity index (χ0n) is 10.1. The van der Waals surface area contributed by atoms with E-state index in [2.05, 4.69) is 11.6 Å². The fourth-order valence-electron chi connectivity index (χ4n) is 2.01. The Kier molecular flexibility index (Phi) is 3.77. The van der Waals surface area contributed by atoms with E-state index in [9.17, 15) is 19.5 Å². The van der Waals surface area contributed by atoms with Crippen LogP contribution in [0.2, 0.25) is 0 Å². The van der Waals surface area contributed by atoms with Gasteiger partial charge in [0.1, 0.15) is 12.3 Å². The Hall–Kier alpha value is -1.99. The minimum Gasteiger partial charge on any atom is -0.390 e. The van der Waals surface area contributed by atoms with Crippen molar-refractivity contribution in [2.75, 3.05) is 0 Å². The van der Waals surface area contributed by atoms with Gasteiger partial charge in [-0.05, 0) is 6.42 Å². The number of aromatic nitrogens is 2. The van der Waals surface area contributed by atoms with Gasteiger partial charge in [0.2, 0.25) is 0 Å². The fourth-order valence-corrected chi connectivity index (χ4v) is 2.01. The molecule has 7 heteroatoms. The van der Waals surface area contributed by atoms with Gasteiger partial charge in [-0.2, -0.15) is 0 Å². The molecule has 0 aliphatic carbocycles. The Morgan fingerprint density at radius 1 is 1.58 bits per heavy atom. The van der Waals surface area contributed by atoms with E-state index in [0.717, 1.165) is 0 Å². The molecule has 2 heterocycles. The maximum Gasteiger partial charge on any atom is 0.330 e. The van der Waals surface area contributed by atoms with E-state index in [1.54, 1.807) is 0 Å². The number of carbonyl (C=O) groups is 1. The summed E-state index contributed by atoms with van der Waals surface area (Å²) >= 11 is 0. The minimum absolute atomic E-state index is 0.114. The number of rotatable bonds is 4. The van der Waals surface area contributed by atoms with Crippen molar-refractivity contribution >= 4 is 6.29 Å². The van der Waals surface area contributed by atoms with Crippen molar-refractivity contribution in [3.05, 3.63) is 45.3 Å². The van der Waals surface area contributed by atoms with E-state index in [1.165, 1.54) is 16.8 Å². The average molecular weight is 266 g/mol. The van der Waals surface area contributed by atoms with Crippen molar-refractivity contribution in [2.45, 2.75) is 31.3 Å². The summed E-state index contributed by atoms with van der Waals surface area (Å²) in [5.74, 6) is 0. The summed E-state index contributed by atoms with van der Waals surface area (Å²) in [4.78, 5) is 36.1. The molecule has 2 N–H and O–H groups in total. The molecule has 0 spiro atoms. The molecule has 7 nitrogen and oxygen atoms in total. The Balaban J connectivity index is 2.38. The number of carbonyl (C=O) groups excluding carboxylic acids is 1.